The van der Waals surface area contributed by atoms with Crippen LogP contribution in [0.5, 0.6) is 0 Å². The maximum Gasteiger partial charge on any atom is 0.315 e. The SMILES string of the molecule is CC[C@@H](CO)NC(=O)NCCc1cn2cccc(C)c2n1. The second kappa shape index (κ2) is 7.08. The highest BCUT2D eigenvalue weighted by atomic mass is 16.3. The summed E-state index contributed by atoms with van der Waals surface area (Å²) in [4.78, 5) is 16.2. The number of hydrogen-bond donors (Lipinski definition) is 3. The van der Waals surface area contributed by atoms with Crippen LogP contribution >= 0.6 is 0 Å². The second-order valence-electron chi connectivity index (χ2n) is 5.09. The van der Waals surface area contributed by atoms with Gasteiger partial charge in [0.2, 0.25) is 0 Å². The highest BCUT2D eigenvalue weighted by Gasteiger charge is 2.09. The molecule has 0 spiro atoms. The third-order valence-corrected chi connectivity index (χ3v) is 3.44. The molecule has 1 atom stereocenters. The van der Waals surface area contributed by atoms with Gasteiger partial charge in [0.05, 0.1) is 18.3 Å². The molecule has 21 heavy (non-hydrogen) atoms. The number of aliphatic hydroxyl groups is 1. The maximum atomic E-state index is 11.6. The molecular formula is C15H22N4O2. The van der Waals surface area contributed by atoms with E-state index in [-0.39, 0.29) is 18.7 Å². The standard InChI is InChI=1S/C15H22N4O2/c1-3-12(10-20)18-15(21)16-7-6-13-9-19-8-4-5-11(2)14(19)17-13/h4-5,8-9,12,20H,3,6-7,10H2,1-2H3,(H2,16,18,21)/t12-/m0/s1. The molecule has 6 heteroatoms. The minimum absolute atomic E-state index is 0.0460. The number of aryl methyl sites for hydroxylation is 1. The Bertz CT molecular complexity index is 605. The van der Waals surface area contributed by atoms with Gasteiger partial charge < -0.3 is 20.1 Å². The van der Waals surface area contributed by atoms with Crippen molar-refractivity contribution < 1.29 is 9.90 Å². The number of pyridine rings is 1. The van der Waals surface area contributed by atoms with Crippen molar-refractivity contribution in [3.63, 3.8) is 0 Å². The summed E-state index contributed by atoms with van der Waals surface area (Å²) in [5.41, 5.74) is 3.02. The van der Waals surface area contributed by atoms with Gasteiger partial charge in [-0.3, -0.25) is 0 Å². The molecule has 0 bridgehead atoms. The predicted molar refractivity (Wildman–Crippen MR) is 81.3 cm³/mol. The Kier molecular flexibility index (Phi) is 5.16. The predicted octanol–water partition coefficient (Wildman–Crippen LogP) is 1.26. The Morgan fingerprint density at radius 3 is 3.00 bits per heavy atom. The molecule has 0 saturated heterocycles. The van der Waals surface area contributed by atoms with E-state index in [2.05, 4.69) is 15.6 Å². The normalized spacial score (nSPS) is 12.3. The number of nitrogens with zero attached hydrogens (tertiary/aromatic N) is 2. The molecule has 3 N–H and O–H groups in total. The summed E-state index contributed by atoms with van der Waals surface area (Å²) in [5.74, 6) is 0. The van der Waals surface area contributed by atoms with Crippen LogP contribution in [0.4, 0.5) is 4.79 Å². The van der Waals surface area contributed by atoms with Gasteiger partial charge in [-0.05, 0) is 25.0 Å². The molecule has 2 amide bonds. The summed E-state index contributed by atoms with van der Waals surface area (Å²) in [6, 6.07) is 3.57. The number of rotatable bonds is 6. The Labute approximate surface area is 124 Å². The van der Waals surface area contributed by atoms with Crippen LogP contribution in [-0.4, -0.2) is 39.7 Å². The van der Waals surface area contributed by atoms with Crippen molar-refractivity contribution in [3.05, 3.63) is 35.8 Å². The lowest BCUT2D eigenvalue weighted by Crippen LogP contribution is -2.44. The molecule has 0 aliphatic heterocycles. The first-order valence-electron chi connectivity index (χ1n) is 7.22. The summed E-state index contributed by atoms with van der Waals surface area (Å²) in [6.07, 6.45) is 5.32. The van der Waals surface area contributed by atoms with Crippen LogP contribution in [0.15, 0.2) is 24.5 Å². The number of aliphatic hydroxyl groups excluding tert-OH is 1. The number of aromatic nitrogens is 2. The third kappa shape index (κ3) is 3.95. The van der Waals surface area contributed by atoms with Gasteiger partial charge in [-0.2, -0.15) is 0 Å². The Balaban J connectivity index is 1.85. The van der Waals surface area contributed by atoms with Crippen LogP contribution in [-0.2, 0) is 6.42 Å². The smallest absolute Gasteiger partial charge is 0.315 e. The average molecular weight is 290 g/mol. The molecule has 0 unspecified atom stereocenters. The maximum absolute atomic E-state index is 11.6. The highest BCUT2D eigenvalue weighted by molar-refractivity contribution is 5.74. The van der Waals surface area contributed by atoms with Gasteiger partial charge in [0, 0.05) is 25.4 Å². The first-order chi connectivity index (χ1) is 10.1. The van der Waals surface area contributed by atoms with Crippen molar-refractivity contribution in [2.45, 2.75) is 32.7 Å². The van der Waals surface area contributed by atoms with E-state index in [4.69, 9.17) is 5.11 Å². The monoisotopic (exact) mass is 290 g/mol. The average Bonchev–Trinajstić information content (AvgIpc) is 2.89. The van der Waals surface area contributed by atoms with Gasteiger partial charge in [0.25, 0.3) is 0 Å². The quantitative estimate of drug-likeness (QED) is 0.749. The first kappa shape index (κ1) is 15.3. The van der Waals surface area contributed by atoms with Crippen molar-refractivity contribution in [1.29, 1.82) is 0 Å². The fourth-order valence-corrected chi connectivity index (χ4v) is 2.14. The van der Waals surface area contributed by atoms with E-state index in [1.165, 1.54) is 0 Å². The van der Waals surface area contributed by atoms with Crippen LogP contribution in [0, 0.1) is 6.92 Å². The number of urea groups is 1. The van der Waals surface area contributed by atoms with E-state index in [1.807, 2.05) is 42.8 Å². The van der Waals surface area contributed by atoms with Gasteiger partial charge in [0.1, 0.15) is 5.65 Å². The lowest BCUT2D eigenvalue weighted by Gasteiger charge is -2.14. The van der Waals surface area contributed by atoms with E-state index in [1.54, 1.807) is 0 Å². The van der Waals surface area contributed by atoms with E-state index < -0.39 is 0 Å². The van der Waals surface area contributed by atoms with E-state index in [0.717, 1.165) is 16.9 Å². The van der Waals surface area contributed by atoms with Gasteiger partial charge in [-0.25, -0.2) is 9.78 Å². The number of amides is 2. The molecule has 0 fully saturated rings. The lowest BCUT2D eigenvalue weighted by atomic mass is 10.2. The molecule has 0 aliphatic rings. The molecule has 2 rings (SSSR count). The summed E-state index contributed by atoms with van der Waals surface area (Å²) < 4.78 is 1.99. The minimum atomic E-state index is -0.254. The fraction of sp³-hybridized carbons (Fsp3) is 0.467. The van der Waals surface area contributed by atoms with Crippen molar-refractivity contribution in [2.75, 3.05) is 13.2 Å². The molecule has 0 aliphatic carbocycles. The largest absolute Gasteiger partial charge is 0.394 e. The van der Waals surface area contributed by atoms with Crippen LogP contribution in [0.1, 0.15) is 24.6 Å². The summed E-state index contributed by atoms with van der Waals surface area (Å²) in [5, 5.41) is 14.5. The zero-order valence-electron chi connectivity index (χ0n) is 12.5. The van der Waals surface area contributed by atoms with Crippen molar-refractivity contribution in [2.24, 2.45) is 0 Å². The van der Waals surface area contributed by atoms with E-state index in [9.17, 15) is 4.79 Å². The highest BCUT2D eigenvalue weighted by Crippen LogP contribution is 2.09. The van der Waals surface area contributed by atoms with E-state index >= 15 is 0 Å². The van der Waals surface area contributed by atoms with E-state index in [0.29, 0.717) is 19.4 Å². The molecule has 114 valence electrons. The first-order valence-corrected chi connectivity index (χ1v) is 7.22. The number of hydrogen-bond acceptors (Lipinski definition) is 3. The van der Waals surface area contributed by atoms with Gasteiger partial charge >= 0.3 is 6.03 Å². The number of fused-ring (bicyclic) bond motifs is 1. The molecular weight excluding hydrogens is 268 g/mol. The summed E-state index contributed by atoms with van der Waals surface area (Å²) >= 11 is 0. The number of carbonyl (C=O) groups is 1. The fourth-order valence-electron chi connectivity index (χ4n) is 2.14. The van der Waals surface area contributed by atoms with Crippen LogP contribution in [0.25, 0.3) is 5.65 Å². The zero-order chi connectivity index (χ0) is 15.2. The molecule has 0 aromatic carbocycles. The van der Waals surface area contributed by atoms with Crippen LogP contribution in [0.3, 0.4) is 0 Å². The third-order valence-electron chi connectivity index (χ3n) is 3.44. The molecule has 2 aromatic heterocycles. The molecule has 0 radical (unpaired) electrons. The molecule has 6 nitrogen and oxygen atoms in total. The minimum Gasteiger partial charge on any atom is -0.394 e. The number of carbonyl (C=O) groups excluding carboxylic acids is 1. The lowest BCUT2D eigenvalue weighted by molar-refractivity contribution is 0.214. The Hall–Kier alpha value is -2.08. The molecule has 2 aromatic rings. The van der Waals surface area contributed by atoms with Gasteiger partial charge in [-0.1, -0.05) is 13.0 Å². The van der Waals surface area contributed by atoms with Crippen molar-refractivity contribution >= 4 is 11.7 Å². The van der Waals surface area contributed by atoms with Gasteiger partial charge in [0.15, 0.2) is 0 Å². The zero-order valence-corrected chi connectivity index (χ0v) is 12.5. The number of imidazole rings is 1. The Morgan fingerprint density at radius 1 is 1.52 bits per heavy atom. The number of nitrogens with one attached hydrogen (secondary N) is 2. The second-order valence-corrected chi connectivity index (χ2v) is 5.09. The molecule has 2 heterocycles. The van der Waals surface area contributed by atoms with Crippen molar-refractivity contribution in [3.8, 4) is 0 Å². The summed E-state index contributed by atoms with van der Waals surface area (Å²) in [6.45, 7) is 4.41. The van der Waals surface area contributed by atoms with Crippen LogP contribution in [0.2, 0.25) is 0 Å². The van der Waals surface area contributed by atoms with Crippen molar-refractivity contribution in [1.82, 2.24) is 20.0 Å². The van der Waals surface area contributed by atoms with Crippen LogP contribution < -0.4 is 10.6 Å². The van der Waals surface area contributed by atoms with Gasteiger partial charge in [-0.15, -0.1) is 0 Å². The molecule has 0 saturated carbocycles. The topological polar surface area (TPSA) is 78.7 Å². The summed E-state index contributed by atoms with van der Waals surface area (Å²) in [7, 11) is 0. The Morgan fingerprint density at radius 2 is 2.33 bits per heavy atom.